The van der Waals surface area contributed by atoms with Crippen LogP contribution in [0.5, 0.6) is 5.75 Å². The van der Waals surface area contributed by atoms with Gasteiger partial charge in [-0.25, -0.2) is 13.8 Å². The van der Waals surface area contributed by atoms with Crippen molar-refractivity contribution in [1.29, 1.82) is 0 Å². The van der Waals surface area contributed by atoms with Crippen molar-refractivity contribution in [3.63, 3.8) is 0 Å². The second kappa shape index (κ2) is 6.89. The number of nitrogens with zero attached hydrogens (tertiary/aromatic N) is 3. The van der Waals surface area contributed by atoms with E-state index in [0.29, 0.717) is 30.5 Å². The zero-order valence-corrected chi connectivity index (χ0v) is 15.7. The summed E-state index contributed by atoms with van der Waals surface area (Å²) in [4.78, 5) is 19.3. The summed E-state index contributed by atoms with van der Waals surface area (Å²) < 4.78 is 28.9. The highest BCUT2D eigenvalue weighted by molar-refractivity contribution is 5.84. The molecule has 2 heterocycles. The molecular weight excluding hydrogens is 364 g/mol. The zero-order valence-electron chi connectivity index (χ0n) is 15.7. The Bertz CT molecular complexity index is 1060. The molecule has 0 radical (unpaired) electrons. The number of carbonyl (C=O) groups excluding carboxylic acids is 1. The van der Waals surface area contributed by atoms with Gasteiger partial charge in [0.05, 0.1) is 17.4 Å². The number of hydrogen-bond donors (Lipinski definition) is 1. The molecule has 0 aliphatic carbocycles. The van der Waals surface area contributed by atoms with Gasteiger partial charge in [0.25, 0.3) is 0 Å². The number of halogens is 2. The largest absolute Gasteiger partial charge is 0.508 e. The first-order valence-electron chi connectivity index (χ1n) is 9.26. The number of rotatable bonds is 3. The Labute approximate surface area is 161 Å². The van der Waals surface area contributed by atoms with Crippen molar-refractivity contribution in [3.05, 3.63) is 59.4 Å². The minimum Gasteiger partial charge on any atom is -0.508 e. The van der Waals surface area contributed by atoms with Gasteiger partial charge < -0.3 is 14.6 Å². The van der Waals surface area contributed by atoms with Crippen LogP contribution in [0, 0.1) is 17.6 Å². The number of phenolic OH excluding ortho intramolecular Hbond substituents is 1. The third-order valence-electron chi connectivity index (χ3n) is 5.31. The first kappa shape index (κ1) is 18.4. The maximum atomic E-state index is 13.8. The summed E-state index contributed by atoms with van der Waals surface area (Å²) >= 11 is 0. The van der Waals surface area contributed by atoms with Gasteiger partial charge in [-0.1, -0.05) is 19.9 Å². The molecule has 0 fully saturated rings. The molecular formula is C21H21F2N3O2. The first-order chi connectivity index (χ1) is 13.3. The lowest BCUT2D eigenvalue weighted by Gasteiger charge is -2.34. The Kier molecular flexibility index (Phi) is 4.53. The molecule has 28 heavy (non-hydrogen) atoms. The van der Waals surface area contributed by atoms with Gasteiger partial charge in [0.2, 0.25) is 5.91 Å². The van der Waals surface area contributed by atoms with Crippen LogP contribution in [0.2, 0.25) is 0 Å². The lowest BCUT2D eigenvalue weighted by atomic mass is 9.96. The van der Waals surface area contributed by atoms with Crippen molar-refractivity contribution in [2.45, 2.75) is 32.9 Å². The Morgan fingerprint density at radius 1 is 1.14 bits per heavy atom. The molecule has 0 spiro atoms. The van der Waals surface area contributed by atoms with Crippen LogP contribution in [0.4, 0.5) is 8.78 Å². The summed E-state index contributed by atoms with van der Waals surface area (Å²) in [6.07, 6.45) is 2.17. The molecule has 3 aromatic rings. The number of amides is 1. The second-order valence-corrected chi connectivity index (χ2v) is 7.56. The summed E-state index contributed by atoms with van der Waals surface area (Å²) in [7, 11) is 0. The molecule has 0 unspecified atom stereocenters. The Hall–Kier alpha value is -2.96. The fourth-order valence-electron chi connectivity index (χ4n) is 3.89. The minimum absolute atomic E-state index is 0.0800. The quantitative estimate of drug-likeness (QED) is 0.746. The minimum atomic E-state index is -0.966. The second-order valence-electron chi connectivity index (χ2n) is 7.56. The van der Waals surface area contributed by atoms with E-state index in [-0.39, 0.29) is 17.6 Å². The Morgan fingerprint density at radius 3 is 2.64 bits per heavy atom. The van der Waals surface area contributed by atoms with Crippen molar-refractivity contribution < 1.29 is 18.7 Å². The van der Waals surface area contributed by atoms with Crippen LogP contribution < -0.4 is 0 Å². The van der Waals surface area contributed by atoms with Crippen LogP contribution in [0.25, 0.3) is 11.0 Å². The first-order valence-corrected chi connectivity index (χ1v) is 9.26. The van der Waals surface area contributed by atoms with Crippen LogP contribution in [-0.4, -0.2) is 32.0 Å². The molecule has 7 heteroatoms. The molecule has 1 aliphatic rings. The van der Waals surface area contributed by atoms with Crippen molar-refractivity contribution in [1.82, 2.24) is 14.5 Å². The maximum Gasteiger partial charge on any atom is 0.246 e. The van der Waals surface area contributed by atoms with Crippen LogP contribution in [0.15, 0.2) is 36.7 Å². The normalized spacial score (nSPS) is 15.1. The van der Waals surface area contributed by atoms with E-state index >= 15 is 0 Å². The molecule has 1 amide bonds. The summed E-state index contributed by atoms with van der Waals surface area (Å²) in [5, 5.41) is 9.75. The number of imidazole rings is 1. The highest BCUT2D eigenvalue weighted by Crippen LogP contribution is 2.30. The number of aromatic nitrogens is 2. The van der Waals surface area contributed by atoms with Crippen molar-refractivity contribution in [2.75, 3.05) is 6.54 Å². The van der Waals surface area contributed by atoms with Gasteiger partial charge in [0.15, 0.2) is 11.6 Å². The SMILES string of the molecule is CC(C)[C@H](C(=O)N1CCc2ccc(O)cc2C1)n1cnc2cc(F)c(F)cc21. The van der Waals surface area contributed by atoms with E-state index in [9.17, 15) is 18.7 Å². The molecule has 1 aliphatic heterocycles. The third kappa shape index (κ3) is 3.10. The third-order valence-corrected chi connectivity index (χ3v) is 5.31. The highest BCUT2D eigenvalue weighted by Gasteiger charge is 2.32. The number of aromatic hydroxyl groups is 1. The molecule has 1 N–H and O–H groups in total. The van der Waals surface area contributed by atoms with Crippen LogP contribution in [-0.2, 0) is 17.8 Å². The predicted molar refractivity (Wildman–Crippen MR) is 101 cm³/mol. The van der Waals surface area contributed by atoms with Crippen LogP contribution >= 0.6 is 0 Å². The Morgan fingerprint density at radius 2 is 1.89 bits per heavy atom. The van der Waals surface area contributed by atoms with Crippen molar-refractivity contribution in [2.24, 2.45) is 5.92 Å². The smallest absolute Gasteiger partial charge is 0.246 e. The van der Waals surface area contributed by atoms with Gasteiger partial charge in [-0.2, -0.15) is 0 Å². The lowest BCUT2D eigenvalue weighted by Crippen LogP contribution is -2.42. The number of benzene rings is 2. The Balaban J connectivity index is 1.69. The van der Waals surface area contributed by atoms with E-state index in [0.717, 1.165) is 23.3 Å². The average Bonchev–Trinajstić information content (AvgIpc) is 3.03. The molecule has 2 aromatic carbocycles. The van der Waals surface area contributed by atoms with E-state index in [2.05, 4.69) is 4.98 Å². The fourth-order valence-corrected chi connectivity index (χ4v) is 3.89. The molecule has 5 nitrogen and oxygen atoms in total. The number of hydrogen-bond acceptors (Lipinski definition) is 3. The van der Waals surface area contributed by atoms with E-state index in [4.69, 9.17) is 0 Å². The summed E-state index contributed by atoms with van der Waals surface area (Å²) in [6, 6.07) is 6.76. The summed E-state index contributed by atoms with van der Waals surface area (Å²) in [5.74, 6) is -1.94. The summed E-state index contributed by atoms with van der Waals surface area (Å²) in [5.41, 5.74) is 2.74. The zero-order chi connectivity index (χ0) is 20.0. The van der Waals surface area contributed by atoms with Gasteiger partial charge >= 0.3 is 0 Å². The van der Waals surface area contributed by atoms with Gasteiger partial charge in [-0.05, 0) is 35.6 Å². The predicted octanol–water partition coefficient (Wildman–Crippen LogP) is 3.80. The maximum absolute atomic E-state index is 13.8. The van der Waals surface area contributed by atoms with Gasteiger partial charge in [-0.15, -0.1) is 0 Å². The average molecular weight is 385 g/mol. The van der Waals surface area contributed by atoms with Crippen LogP contribution in [0.1, 0.15) is 31.0 Å². The van der Waals surface area contributed by atoms with Crippen molar-refractivity contribution >= 4 is 16.9 Å². The molecule has 4 rings (SSSR count). The number of phenols is 1. The molecule has 0 saturated heterocycles. The molecule has 1 atom stereocenters. The van der Waals surface area contributed by atoms with Crippen molar-refractivity contribution in [3.8, 4) is 5.75 Å². The van der Waals surface area contributed by atoms with E-state index in [1.807, 2.05) is 19.9 Å². The fraction of sp³-hybridized carbons (Fsp3) is 0.333. The van der Waals surface area contributed by atoms with Gasteiger partial charge in [0.1, 0.15) is 11.8 Å². The molecule has 1 aromatic heterocycles. The van der Waals surface area contributed by atoms with E-state index < -0.39 is 17.7 Å². The van der Waals surface area contributed by atoms with Crippen LogP contribution in [0.3, 0.4) is 0 Å². The number of fused-ring (bicyclic) bond motifs is 2. The number of carbonyl (C=O) groups is 1. The highest BCUT2D eigenvalue weighted by atomic mass is 19.2. The monoisotopic (exact) mass is 385 g/mol. The van der Waals surface area contributed by atoms with Gasteiger partial charge in [0, 0.05) is 25.2 Å². The molecule has 146 valence electrons. The lowest BCUT2D eigenvalue weighted by molar-refractivity contribution is -0.137. The van der Waals surface area contributed by atoms with E-state index in [1.54, 1.807) is 21.6 Å². The van der Waals surface area contributed by atoms with Gasteiger partial charge in [-0.3, -0.25) is 4.79 Å². The molecule has 0 bridgehead atoms. The topological polar surface area (TPSA) is 58.4 Å². The standard InChI is InChI=1S/C21H21F2N3O2/c1-12(2)20(26-11-24-18-8-16(22)17(23)9-19(18)26)21(28)25-6-5-13-3-4-15(27)7-14(13)10-25/h3-4,7-9,11-12,20,27H,5-6,10H2,1-2H3/t20-/m1/s1. The summed E-state index contributed by atoms with van der Waals surface area (Å²) in [6.45, 7) is 4.80. The molecule has 0 saturated carbocycles. The van der Waals surface area contributed by atoms with E-state index in [1.165, 1.54) is 6.33 Å².